The van der Waals surface area contributed by atoms with Crippen LogP contribution in [0.3, 0.4) is 0 Å². The molecule has 3 N–H and O–H groups in total. The lowest BCUT2D eigenvalue weighted by molar-refractivity contribution is 0.0268. The van der Waals surface area contributed by atoms with Crippen molar-refractivity contribution in [1.82, 2.24) is 5.32 Å². The third kappa shape index (κ3) is 3.33. The Bertz CT molecular complexity index is 391. The summed E-state index contributed by atoms with van der Waals surface area (Å²) in [7, 11) is 0. The van der Waals surface area contributed by atoms with Gasteiger partial charge in [-0.3, -0.25) is 0 Å². The Balaban J connectivity index is 1.83. The molecular weight excluding hydrogens is 242 g/mol. The number of aromatic hydroxyl groups is 1. The zero-order valence-electron chi connectivity index (χ0n) is 9.45. The molecule has 1 atom stereocenters. The summed E-state index contributed by atoms with van der Waals surface area (Å²) >= 11 is 5.80. The number of rotatable bonds is 4. The van der Waals surface area contributed by atoms with Crippen molar-refractivity contribution in [3.05, 3.63) is 28.8 Å². The second-order valence-electron chi connectivity index (χ2n) is 4.42. The molecule has 1 unspecified atom stereocenters. The standard InChI is InChI=1S/C12H16ClNO3/c13-10-5-9(1-2-11(10)15)6-14-7-12(16)3-4-17-8-12/h1-2,5,14-16H,3-4,6-8H2. The molecule has 1 aliphatic rings. The average Bonchev–Trinajstić information content (AvgIpc) is 2.71. The molecule has 0 saturated carbocycles. The number of benzene rings is 1. The average molecular weight is 258 g/mol. The summed E-state index contributed by atoms with van der Waals surface area (Å²) in [5.74, 6) is 0.0817. The lowest BCUT2D eigenvalue weighted by atomic mass is 10.0. The summed E-state index contributed by atoms with van der Waals surface area (Å²) in [6.45, 7) is 2.09. The summed E-state index contributed by atoms with van der Waals surface area (Å²) in [4.78, 5) is 0. The Morgan fingerprint density at radius 2 is 2.29 bits per heavy atom. The Morgan fingerprint density at radius 1 is 1.47 bits per heavy atom. The van der Waals surface area contributed by atoms with Crippen LogP contribution in [0.5, 0.6) is 5.75 Å². The molecule has 1 aliphatic heterocycles. The van der Waals surface area contributed by atoms with Crippen LogP contribution in [0, 0.1) is 0 Å². The normalized spacial score (nSPS) is 24.1. The highest BCUT2D eigenvalue weighted by Crippen LogP contribution is 2.23. The van der Waals surface area contributed by atoms with E-state index in [-0.39, 0.29) is 5.75 Å². The van der Waals surface area contributed by atoms with E-state index < -0.39 is 5.60 Å². The Kier molecular flexibility index (Phi) is 3.89. The fraction of sp³-hybridized carbons (Fsp3) is 0.500. The van der Waals surface area contributed by atoms with Crippen LogP contribution in [0.15, 0.2) is 18.2 Å². The van der Waals surface area contributed by atoms with Crippen LogP contribution in [0.4, 0.5) is 0 Å². The second kappa shape index (κ2) is 5.23. The monoisotopic (exact) mass is 257 g/mol. The van der Waals surface area contributed by atoms with Gasteiger partial charge in [0.25, 0.3) is 0 Å². The van der Waals surface area contributed by atoms with Gasteiger partial charge >= 0.3 is 0 Å². The smallest absolute Gasteiger partial charge is 0.134 e. The number of hydrogen-bond acceptors (Lipinski definition) is 4. The zero-order valence-corrected chi connectivity index (χ0v) is 10.2. The SMILES string of the molecule is Oc1ccc(CNCC2(O)CCOC2)cc1Cl. The molecule has 0 bridgehead atoms. The third-order valence-electron chi connectivity index (χ3n) is 2.88. The fourth-order valence-electron chi connectivity index (χ4n) is 1.84. The van der Waals surface area contributed by atoms with Crippen molar-refractivity contribution < 1.29 is 14.9 Å². The van der Waals surface area contributed by atoms with Crippen molar-refractivity contribution in [2.75, 3.05) is 19.8 Å². The number of phenolic OH excluding ortho intramolecular Hbond substituents is 1. The zero-order chi connectivity index (χ0) is 12.3. The number of phenols is 1. The van der Waals surface area contributed by atoms with Crippen molar-refractivity contribution in [2.45, 2.75) is 18.6 Å². The van der Waals surface area contributed by atoms with Gasteiger partial charge < -0.3 is 20.3 Å². The molecule has 1 aromatic carbocycles. The number of aliphatic hydroxyl groups is 1. The maximum absolute atomic E-state index is 10.0. The predicted molar refractivity (Wildman–Crippen MR) is 65.2 cm³/mol. The number of nitrogens with one attached hydrogen (secondary N) is 1. The minimum absolute atomic E-state index is 0.0817. The number of hydrogen-bond donors (Lipinski definition) is 3. The Morgan fingerprint density at radius 3 is 2.94 bits per heavy atom. The minimum Gasteiger partial charge on any atom is -0.506 e. The van der Waals surface area contributed by atoms with Crippen LogP contribution in [0.25, 0.3) is 0 Å². The van der Waals surface area contributed by atoms with Gasteiger partial charge in [0.05, 0.1) is 11.6 Å². The maximum atomic E-state index is 10.0. The number of halogens is 1. The predicted octanol–water partition coefficient (Wildman–Crippen LogP) is 1.29. The van der Waals surface area contributed by atoms with E-state index >= 15 is 0 Å². The van der Waals surface area contributed by atoms with Crippen molar-refractivity contribution in [1.29, 1.82) is 0 Å². The van der Waals surface area contributed by atoms with Gasteiger partial charge in [0.1, 0.15) is 11.4 Å². The molecule has 2 rings (SSSR count). The van der Waals surface area contributed by atoms with Gasteiger partial charge in [-0.1, -0.05) is 17.7 Å². The van der Waals surface area contributed by atoms with Gasteiger partial charge in [0.2, 0.25) is 0 Å². The number of ether oxygens (including phenoxy) is 1. The molecule has 0 aliphatic carbocycles. The molecule has 1 saturated heterocycles. The molecule has 0 aromatic heterocycles. The first kappa shape index (κ1) is 12.6. The van der Waals surface area contributed by atoms with E-state index in [1.54, 1.807) is 18.2 Å². The highest BCUT2D eigenvalue weighted by Gasteiger charge is 2.31. The van der Waals surface area contributed by atoms with Crippen LogP contribution in [0.2, 0.25) is 5.02 Å². The van der Waals surface area contributed by atoms with E-state index in [2.05, 4.69) is 5.32 Å². The maximum Gasteiger partial charge on any atom is 0.134 e. The van der Waals surface area contributed by atoms with E-state index in [9.17, 15) is 10.2 Å². The molecule has 1 heterocycles. The van der Waals surface area contributed by atoms with Crippen LogP contribution in [-0.2, 0) is 11.3 Å². The van der Waals surface area contributed by atoms with Crippen molar-refractivity contribution in [2.24, 2.45) is 0 Å². The van der Waals surface area contributed by atoms with E-state index in [1.807, 2.05) is 0 Å². The summed E-state index contributed by atoms with van der Waals surface area (Å²) in [6, 6.07) is 5.06. The van der Waals surface area contributed by atoms with Crippen LogP contribution in [-0.4, -0.2) is 35.6 Å². The van der Waals surface area contributed by atoms with E-state index in [0.29, 0.717) is 37.7 Å². The van der Waals surface area contributed by atoms with Gasteiger partial charge in [0.15, 0.2) is 0 Å². The summed E-state index contributed by atoms with van der Waals surface area (Å²) in [5, 5.41) is 22.8. The highest BCUT2D eigenvalue weighted by atomic mass is 35.5. The van der Waals surface area contributed by atoms with E-state index in [0.717, 1.165) is 5.56 Å². The Hall–Kier alpha value is -0.810. The molecule has 1 fully saturated rings. The molecule has 94 valence electrons. The lowest BCUT2D eigenvalue weighted by Gasteiger charge is -2.20. The summed E-state index contributed by atoms with van der Waals surface area (Å²) < 4.78 is 5.15. The van der Waals surface area contributed by atoms with Crippen molar-refractivity contribution in [3.8, 4) is 5.75 Å². The van der Waals surface area contributed by atoms with E-state index in [4.69, 9.17) is 16.3 Å². The molecular formula is C12H16ClNO3. The summed E-state index contributed by atoms with van der Waals surface area (Å²) in [6.07, 6.45) is 0.663. The van der Waals surface area contributed by atoms with Gasteiger partial charge in [-0.2, -0.15) is 0 Å². The minimum atomic E-state index is -0.749. The van der Waals surface area contributed by atoms with Gasteiger partial charge in [-0.25, -0.2) is 0 Å². The molecule has 1 aromatic rings. The second-order valence-corrected chi connectivity index (χ2v) is 4.82. The van der Waals surface area contributed by atoms with Gasteiger partial charge in [0, 0.05) is 26.1 Å². The fourth-order valence-corrected chi connectivity index (χ4v) is 2.04. The highest BCUT2D eigenvalue weighted by molar-refractivity contribution is 6.32. The molecule has 0 radical (unpaired) electrons. The molecule has 17 heavy (non-hydrogen) atoms. The Labute approximate surface area is 105 Å². The lowest BCUT2D eigenvalue weighted by Crippen LogP contribution is -2.40. The molecule has 0 spiro atoms. The van der Waals surface area contributed by atoms with Crippen molar-refractivity contribution in [3.63, 3.8) is 0 Å². The van der Waals surface area contributed by atoms with Gasteiger partial charge in [-0.05, 0) is 17.7 Å². The topological polar surface area (TPSA) is 61.7 Å². The molecule has 0 amide bonds. The quantitative estimate of drug-likeness (QED) is 0.761. The first-order valence-corrected chi connectivity index (χ1v) is 5.95. The van der Waals surface area contributed by atoms with Crippen molar-refractivity contribution >= 4 is 11.6 Å². The van der Waals surface area contributed by atoms with Crippen LogP contribution >= 0.6 is 11.6 Å². The van der Waals surface area contributed by atoms with Gasteiger partial charge in [-0.15, -0.1) is 0 Å². The van der Waals surface area contributed by atoms with E-state index in [1.165, 1.54) is 0 Å². The van der Waals surface area contributed by atoms with Crippen LogP contribution in [0.1, 0.15) is 12.0 Å². The molecule has 5 heteroatoms. The van der Waals surface area contributed by atoms with Crippen LogP contribution < -0.4 is 5.32 Å². The first-order valence-electron chi connectivity index (χ1n) is 5.57. The third-order valence-corrected chi connectivity index (χ3v) is 3.18. The summed E-state index contributed by atoms with van der Waals surface area (Å²) in [5.41, 5.74) is 0.219. The molecule has 4 nitrogen and oxygen atoms in total. The largest absolute Gasteiger partial charge is 0.506 e. The first-order chi connectivity index (χ1) is 8.09.